The van der Waals surface area contributed by atoms with Crippen LogP contribution in [0.4, 0.5) is 5.69 Å². The first-order chi connectivity index (χ1) is 11.1. The van der Waals surface area contributed by atoms with Gasteiger partial charge in [0.25, 0.3) is 10.0 Å². The number of anilines is 1. The van der Waals surface area contributed by atoms with E-state index in [9.17, 15) is 8.42 Å². The lowest BCUT2D eigenvalue weighted by Gasteiger charge is -2.19. The minimum Gasteiger partial charge on any atom is -0.279 e. The Morgan fingerprint density at radius 1 is 0.875 bits per heavy atom. The van der Waals surface area contributed by atoms with Crippen LogP contribution in [0.2, 0.25) is 0 Å². The lowest BCUT2D eigenvalue weighted by Crippen LogP contribution is -2.15. The lowest BCUT2D eigenvalue weighted by atomic mass is 9.91. The van der Waals surface area contributed by atoms with Crippen LogP contribution in [0.1, 0.15) is 61.8 Å². The SMILES string of the molecule is Cc1ccc(S(=O)(=O)Nc2cc(C(C)C)cc(C(C)C)c2C)cc1. The summed E-state index contributed by atoms with van der Waals surface area (Å²) in [5.74, 6) is 0.678. The highest BCUT2D eigenvalue weighted by molar-refractivity contribution is 7.92. The third kappa shape index (κ3) is 3.99. The van der Waals surface area contributed by atoms with Crippen molar-refractivity contribution in [2.24, 2.45) is 0 Å². The van der Waals surface area contributed by atoms with Crippen molar-refractivity contribution in [3.05, 3.63) is 58.7 Å². The van der Waals surface area contributed by atoms with E-state index in [2.05, 4.69) is 38.5 Å². The molecule has 130 valence electrons. The Hall–Kier alpha value is -1.81. The lowest BCUT2D eigenvalue weighted by molar-refractivity contribution is 0.601. The summed E-state index contributed by atoms with van der Waals surface area (Å²) in [5, 5.41) is 0. The molecule has 0 atom stereocenters. The number of benzene rings is 2. The maximum Gasteiger partial charge on any atom is 0.261 e. The monoisotopic (exact) mass is 345 g/mol. The highest BCUT2D eigenvalue weighted by Crippen LogP contribution is 2.31. The molecule has 1 N–H and O–H groups in total. The molecule has 0 aliphatic carbocycles. The molecular weight excluding hydrogens is 318 g/mol. The van der Waals surface area contributed by atoms with Gasteiger partial charge in [0.2, 0.25) is 0 Å². The fourth-order valence-corrected chi connectivity index (χ4v) is 3.83. The molecule has 4 heteroatoms. The molecule has 0 heterocycles. The van der Waals surface area contributed by atoms with Gasteiger partial charge in [0.1, 0.15) is 0 Å². The molecule has 0 spiro atoms. The highest BCUT2D eigenvalue weighted by atomic mass is 32.2. The predicted molar refractivity (Wildman–Crippen MR) is 101 cm³/mol. The molecule has 2 rings (SSSR count). The van der Waals surface area contributed by atoms with E-state index in [4.69, 9.17) is 0 Å². The highest BCUT2D eigenvalue weighted by Gasteiger charge is 2.18. The topological polar surface area (TPSA) is 46.2 Å². The third-order valence-corrected chi connectivity index (χ3v) is 5.72. The standard InChI is InChI=1S/C20H27NO2S/c1-13(2)17-11-19(14(3)4)16(6)20(12-17)21-24(22,23)18-9-7-15(5)8-10-18/h7-14,21H,1-6H3. The normalized spacial score (nSPS) is 12.0. The minimum absolute atomic E-state index is 0.286. The number of sulfonamides is 1. The number of nitrogens with one attached hydrogen (secondary N) is 1. The molecule has 0 unspecified atom stereocenters. The summed E-state index contributed by atoms with van der Waals surface area (Å²) in [6, 6.07) is 11.0. The van der Waals surface area contributed by atoms with Crippen LogP contribution < -0.4 is 4.72 Å². The van der Waals surface area contributed by atoms with Gasteiger partial charge in [-0.2, -0.15) is 0 Å². The summed E-state index contributed by atoms with van der Waals surface area (Å²) in [6.45, 7) is 12.4. The van der Waals surface area contributed by atoms with E-state index < -0.39 is 10.0 Å². The van der Waals surface area contributed by atoms with Gasteiger partial charge in [-0.1, -0.05) is 51.5 Å². The van der Waals surface area contributed by atoms with Crippen molar-refractivity contribution in [3.63, 3.8) is 0 Å². The second-order valence-corrected chi connectivity index (χ2v) is 8.69. The zero-order chi connectivity index (χ0) is 18.1. The summed E-state index contributed by atoms with van der Waals surface area (Å²) in [6.07, 6.45) is 0. The van der Waals surface area contributed by atoms with Crippen LogP contribution >= 0.6 is 0 Å². The zero-order valence-electron chi connectivity index (χ0n) is 15.3. The Morgan fingerprint density at radius 2 is 1.46 bits per heavy atom. The van der Waals surface area contributed by atoms with Gasteiger partial charge in [0.05, 0.1) is 10.6 Å². The smallest absolute Gasteiger partial charge is 0.261 e. The molecule has 0 aromatic heterocycles. The zero-order valence-corrected chi connectivity index (χ0v) is 16.2. The van der Waals surface area contributed by atoms with Gasteiger partial charge in [-0.05, 0) is 60.6 Å². The maximum absolute atomic E-state index is 12.7. The van der Waals surface area contributed by atoms with E-state index in [-0.39, 0.29) is 4.90 Å². The van der Waals surface area contributed by atoms with Gasteiger partial charge in [0, 0.05) is 0 Å². The largest absolute Gasteiger partial charge is 0.279 e. The van der Waals surface area contributed by atoms with Crippen molar-refractivity contribution in [3.8, 4) is 0 Å². The molecule has 0 amide bonds. The van der Waals surface area contributed by atoms with Crippen LogP contribution in [0.3, 0.4) is 0 Å². The van der Waals surface area contributed by atoms with Crippen LogP contribution in [-0.2, 0) is 10.0 Å². The maximum atomic E-state index is 12.7. The molecule has 0 aliphatic rings. The molecule has 2 aromatic rings. The molecule has 3 nitrogen and oxygen atoms in total. The van der Waals surface area contributed by atoms with Crippen molar-refractivity contribution in [2.45, 2.75) is 58.3 Å². The second-order valence-electron chi connectivity index (χ2n) is 7.01. The molecule has 0 saturated carbocycles. The quantitative estimate of drug-likeness (QED) is 0.794. The third-order valence-electron chi connectivity index (χ3n) is 4.33. The molecule has 0 fully saturated rings. The number of hydrogen-bond acceptors (Lipinski definition) is 2. The first-order valence-electron chi connectivity index (χ1n) is 8.35. The summed E-state index contributed by atoms with van der Waals surface area (Å²) in [4.78, 5) is 0.286. The van der Waals surface area contributed by atoms with Gasteiger partial charge >= 0.3 is 0 Å². The Morgan fingerprint density at radius 3 is 1.96 bits per heavy atom. The van der Waals surface area contributed by atoms with Crippen molar-refractivity contribution < 1.29 is 8.42 Å². The van der Waals surface area contributed by atoms with Crippen molar-refractivity contribution in [2.75, 3.05) is 4.72 Å². The Labute approximate surface area is 146 Å². The Kier molecular flexibility index (Phi) is 5.38. The Balaban J connectivity index is 2.50. The number of aryl methyl sites for hydroxylation is 1. The van der Waals surface area contributed by atoms with E-state index in [1.165, 1.54) is 5.56 Å². The van der Waals surface area contributed by atoms with E-state index in [0.29, 0.717) is 17.5 Å². The van der Waals surface area contributed by atoms with E-state index in [0.717, 1.165) is 16.7 Å². The average molecular weight is 346 g/mol. The molecule has 0 radical (unpaired) electrons. The summed E-state index contributed by atoms with van der Waals surface area (Å²) in [7, 11) is -3.59. The number of hydrogen-bond donors (Lipinski definition) is 1. The van der Waals surface area contributed by atoms with Crippen LogP contribution in [0.15, 0.2) is 41.3 Å². The fraction of sp³-hybridized carbons (Fsp3) is 0.400. The van der Waals surface area contributed by atoms with Gasteiger partial charge in [-0.3, -0.25) is 4.72 Å². The summed E-state index contributed by atoms with van der Waals surface area (Å²) >= 11 is 0. The molecule has 0 saturated heterocycles. The van der Waals surface area contributed by atoms with Crippen LogP contribution in [0.25, 0.3) is 0 Å². The van der Waals surface area contributed by atoms with E-state index in [1.807, 2.05) is 32.0 Å². The van der Waals surface area contributed by atoms with Gasteiger partial charge < -0.3 is 0 Å². The first kappa shape index (κ1) is 18.5. The second kappa shape index (κ2) is 6.98. The van der Waals surface area contributed by atoms with E-state index in [1.54, 1.807) is 12.1 Å². The molecular formula is C20H27NO2S. The number of rotatable bonds is 5. The molecule has 0 aliphatic heterocycles. The van der Waals surface area contributed by atoms with Gasteiger partial charge in [-0.25, -0.2) is 8.42 Å². The summed E-state index contributed by atoms with van der Waals surface area (Å²) in [5.41, 5.74) is 5.03. The van der Waals surface area contributed by atoms with Crippen molar-refractivity contribution in [1.29, 1.82) is 0 Å². The van der Waals surface area contributed by atoms with Crippen molar-refractivity contribution >= 4 is 15.7 Å². The molecule has 0 bridgehead atoms. The fourth-order valence-electron chi connectivity index (χ4n) is 2.72. The minimum atomic E-state index is -3.59. The first-order valence-corrected chi connectivity index (χ1v) is 9.84. The summed E-state index contributed by atoms with van der Waals surface area (Å²) < 4.78 is 28.2. The van der Waals surface area contributed by atoms with E-state index >= 15 is 0 Å². The van der Waals surface area contributed by atoms with Crippen molar-refractivity contribution in [1.82, 2.24) is 0 Å². The average Bonchev–Trinajstić information content (AvgIpc) is 2.49. The van der Waals surface area contributed by atoms with Crippen LogP contribution in [0.5, 0.6) is 0 Å². The molecule has 24 heavy (non-hydrogen) atoms. The predicted octanol–water partition coefficient (Wildman–Crippen LogP) is 5.35. The van der Waals surface area contributed by atoms with Gasteiger partial charge in [-0.15, -0.1) is 0 Å². The Bertz CT molecular complexity index is 819. The van der Waals surface area contributed by atoms with Crippen LogP contribution in [0, 0.1) is 13.8 Å². The van der Waals surface area contributed by atoms with Crippen LogP contribution in [-0.4, -0.2) is 8.42 Å². The molecule has 2 aromatic carbocycles. The van der Waals surface area contributed by atoms with Gasteiger partial charge in [0.15, 0.2) is 0 Å².